The number of hydrogen-bond acceptors (Lipinski definition) is 3. The monoisotopic (exact) mass is 247 g/mol. The van der Waals surface area contributed by atoms with Crippen LogP contribution in [-0.4, -0.2) is 29.8 Å². The van der Waals surface area contributed by atoms with E-state index in [9.17, 15) is 4.79 Å². The zero-order valence-electron chi connectivity index (χ0n) is 10.8. The maximum absolute atomic E-state index is 12.1. The Balaban J connectivity index is 1.66. The van der Waals surface area contributed by atoms with Crippen molar-refractivity contribution in [3.8, 4) is 0 Å². The van der Waals surface area contributed by atoms with Gasteiger partial charge in [-0.3, -0.25) is 9.69 Å². The van der Waals surface area contributed by atoms with Crippen molar-refractivity contribution in [1.82, 2.24) is 4.90 Å². The molecule has 1 aromatic heterocycles. The van der Waals surface area contributed by atoms with Crippen LogP contribution in [0.3, 0.4) is 0 Å². The van der Waals surface area contributed by atoms with E-state index in [0.29, 0.717) is 18.3 Å². The largest absolute Gasteiger partial charge is 0.461 e. The summed E-state index contributed by atoms with van der Waals surface area (Å²) in [5.41, 5.74) is 0. The molecule has 1 aliphatic carbocycles. The maximum atomic E-state index is 12.1. The van der Waals surface area contributed by atoms with Crippen LogP contribution in [-0.2, 0) is 0 Å². The molecule has 98 valence electrons. The second kappa shape index (κ2) is 5.27. The molecular formula is C15H21NO2. The number of hydrogen-bond donors (Lipinski definition) is 0. The fraction of sp³-hybridized carbons (Fsp3) is 0.667. The molecule has 1 saturated carbocycles. The number of ketones is 1. The van der Waals surface area contributed by atoms with Crippen LogP contribution >= 0.6 is 0 Å². The summed E-state index contributed by atoms with van der Waals surface area (Å²) < 4.78 is 5.20. The van der Waals surface area contributed by atoms with Crippen LogP contribution in [0.1, 0.15) is 49.1 Å². The van der Waals surface area contributed by atoms with Gasteiger partial charge in [0.1, 0.15) is 0 Å². The second-order valence-electron chi connectivity index (χ2n) is 5.63. The molecule has 1 aliphatic heterocycles. The molecule has 2 fully saturated rings. The topological polar surface area (TPSA) is 33.5 Å². The van der Waals surface area contributed by atoms with Gasteiger partial charge in [0, 0.05) is 6.04 Å². The molecule has 3 nitrogen and oxygen atoms in total. The normalized spacial score (nSPS) is 28.9. The highest BCUT2D eigenvalue weighted by atomic mass is 16.3. The Morgan fingerprint density at radius 2 is 2.11 bits per heavy atom. The molecule has 0 N–H and O–H groups in total. The highest BCUT2D eigenvalue weighted by Gasteiger charge is 2.34. The molecule has 2 heterocycles. The van der Waals surface area contributed by atoms with Gasteiger partial charge in [0.2, 0.25) is 5.78 Å². The predicted molar refractivity (Wildman–Crippen MR) is 69.6 cm³/mol. The first-order valence-electron chi connectivity index (χ1n) is 7.15. The lowest BCUT2D eigenvalue weighted by molar-refractivity contribution is 0.0526. The quantitative estimate of drug-likeness (QED) is 0.769. The lowest BCUT2D eigenvalue weighted by atomic mass is 9.78. The third-order valence-corrected chi connectivity index (χ3v) is 4.50. The standard InChI is InChI=1S/C15H21NO2/c17-14(15-8-4-10-18-15)11-16-9-3-6-12-5-1-2-7-13(12)16/h4,8,10,12-13H,1-3,5-7,9,11H2. The molecule has 3 heteroatoms. The Morgan fingerprint density at radius 1 is 1.28 bits per heavy atom. The van der Waals surface area contributed by atoms with E-state index in [0.717, 1.165) is 12.5 Å². The van der Waals surface area contributed by atoms with Gasteiger partial charge in [-0.1, -0.05) is 12.8 Å². The summed E-state index contributed by atoms with van der Waals surface area (Å²) in [5.74, 6) is 1.47. The molecule has 0 bridgehead atoms. The second-order valence-corrected chi connectivity index (χ2v) is 5.63. The summed E-state index contributed by atoms with van der Waals surface area (Å²) in [6.07, 6.45) is 9.51. The summed E-state index contributed by atoms with van der Waals surface area (Å²) in [4.78, 5) is 14.5. The van der Waals surface area contributed by atoms with Gasteiger partial charge in [0.25, 0.3) is 0 Å². The van der Waals surface area contributed by atoms with Crippen molar-refractivity contribution in [2.75, 3.05) is 13.1 Å². The third kappa shape index (κ3) is 2.37. The summed E-state index contributed by atoms with van der Waals surface area (Å²) in [5, 5.41) is 0. The molecule has 2 aliphatic rings. The lowest BCUT2D eigenvalue weighted by Crippen LogP contribution is -2.48. The Bertz CT molecular complexity index is 397. The van der Waals surface area contributed by atoms with Gasteiger partial charge in [-0.2, -0.15) is 0 Å². The third-order valence-electron chi connectivity index (χ3n) is 4.50. The number of fused-ring (bicyclic) bond motifs is 1. The highest BCUT2D eigenvalue weighted by molar-refractivity contribution is 5.95. The van der Waals surface area contributed by atoms with E-state index >= 15 is 0 Å². The molecule has 2 unspecified atom stereocenters. The first-order chi connectivity index (χ1) is 8.84. The highest BCUT2D eigenvalue weighted by Crippen LogP contribution is 2.35. The lowest BCUT2D eigenvalue weighted by Gasteiger charge is -2.43. The summed E-state index contributed by atoms with van der Waals surface area (Å²) in [6.45, 7) is 1.61. The fourth-order valence-corrected chi connectivity index (χ4v) is 3.62. The van der Waals surface area contributed by atoms with Crippen LogP contribution in [0, 0.1) is 5.92 Å². The van der Waals surface area contributed by atoms with E-state index in [1.165, 1.54) is 38.5 Å². The Morgan fingerprint density at radius 3 is 2.94 bits per heavy atom. The van der Waals surface area contributed by atoms with Crippen LogP contribution in [0.25, 0.3) is 0 Å². The van der Waals surface area contributed by atoms with E-state index < -0.39 is 0 Å². The van der Waals surface area contributed by atoms with E-state index in [1.54, 1.807) is 18.4 Å². The van der Waals surface area contributed by atoms with E-state index in [-0.39, 0.29) is 5.78 Å². The van der Waals surface area contributed by atoms with Crippen LogP contribution in [0.2, 0.25) is 0 Å². The molecule has 1 aromatic rings. The number of Topliss-reactive ketones (excluding diaryl/α,β-unsaturated/α-hetero) is 1. The first-order valence-corrected chi connectivity index (χ1v) is 7.15. The van der Waals surface area contributed by atoms with Gasteiger partial charge in [0.05, 0.1) is 12.8 Å². The zero-order chi connectivity index (χ0) is 12.4. The molecular weight excluding hydrogens is 226 g/mol. The Kier molecular flexibility index (Phi) is 3.50. The number of piperidine rings is 1. The minimum atomic E-state index is 0.131. The molecule has 18 heavy (non-hydrogen) atoms. The Labute approximate surface area is 108 Å². The van der Waals surface area contributed by atoms with Crippen molar-refractivity contribution in [3.63, 3.8) is 0 Å². The van der Waals surface area contributed by atoms with Crippen molar-refractivity contribution < 1.29 is 9.21 Å². The van der Waals surface area contributed by atoms with Crippen molar-refractivity contribution in [1.29, 1.82) is 0 Å². The first kappa shape index (κ1) is 12.0. The van der Waals surface area contributed by atoms with Crippen molar-refractivity contribution in [2.24, 2.45) is 5.92 Å². The van der Waals surface area contributed by atoms with Crippen molar-refractivity contribution in [2.45, 2.75) is 44.6 Å². The zero-order valence-corrected chi connectivity index (χ0v) is 10.8. The molecule has 3 rings (SSSR count). The average molecular weight is 247 g/mol. The molecule has 2 atom stereocenters. The van der Waals surface area contributed by atoms with E-state index in [2.05, 4.69) is 4.90 Å². The maximum Gasteiger partial charge on any atom is 0.211 e. The molecule has 0 amide bonds. The smallest absolute Gasteiger partial charge is 0.211 e. The van der Waals surface area contributed by atoms with Crippen molar-refractivity contribution >= 4 is 5.78 Å². The van der Waals surface area contributed by atoms with Gasteiger partial charge < -0.3 is 4.42 Å². The molecule has 0 radical (unpaired) electrons. The SMILES string of the molecule is O=C(CN1CCCC2CCCCC21)c1ccco1. The van der Waals surface area contributed by atoms with Gasteiger partial charge in [-0.15, -0.1) is 0 Å². The number of carbonyl (C=O) groups is 1. The molecule has 0 spiro atoms. The van der Waals surface area contributed by atoms with Gasteiger partial charge in [-0.25, -0.2) is 0 Å². The number of carbonyl (C=O) groups excluding carboxylic acids is 1. The summed E-state index contributed by atoms with van der Waals surface area (Å²) in [7, 11) is 0. The van der Waals surface area contributed by atoms with Gasteiger partial charge >= 0.3 is 0 Å². The average Bonchev–Trinajstić information content (AvgIpc) is 2.93. The Hall–Kier alpha value is -1.09. The van der Waals surface area contributed by atoms with Crippen LogP contribution in [0.4, 0.5) is 0 Å². The van der Waals surface area contributed by atoms with Crippen LogP contribution < -0.4 is 0 Å². The van der Waals surface area contributed by atoms with E-state index in [1.807, 2.05) is 0 Å². The predicted octanol–water partition coefficient (Wildman–Crippen LogP) is 3.12. The summed E-state index contributed by atoms with van der Waals surface area (Å²) in [6, 6.07) is 4.20. The number of rotatable bonds is 3. The summed E-state index contributed by atoms with van der Waals surface area (Å²) >= 11 is 0. The fourth-order valence-electron chi connectivity index (χ4n) is 3.62. The van der Waals surface area contributed by atoms with Crippen molar-refractivity contribution in [3.05, 3.63) is 24.2 Å². The van der Waals surface area contributed by atoms with Gasteiger partial charge in [0.15, 0.2) is 5.76 Å². The number of furan rings is 1. The van der Waals surface area contributed by atoms with Gasteiger partial charge in [-0.05, 0) is 50.3 Å². The molecule has 1 saturated heterocycles. The number of nitrogens with zero attached hydrogens (tertiary/aromatic N) is 1. The van der Waals surface area contributed by atoms with E-state index in [4.69, 9.17) is 4.42 Å². The van der Waals surface area contributed by atoms with Crippen LogP contribution in [0.15, 0.2) is 22.8 Å². The molecule has 0 aromatic carbocycles. The minimum Gasteiger partial charge on any atom is -0.461 e. The minimum absolute atomic E-state index is 0.131. The van der Waals surface area contributed by atoms with Crippen LogP contribution in [0.5, 0.6) is 0 Å². The number of likely N-dealkylation sites (tertiary alicyclic amines) is 1.